The van der Waals surface area contributed by atoms with E-state index in [9.17, 15) is 19.2 Å². The van der Waals surface area contributed by atoms with Gasteiger partial charge in [0.25, 0.3) is 0 Å². The number of benzene rings is 2. The van der Waals surface area contributed by atoms with E-state index in [1.165, 1.54) is 25.2 Å². The summed E-state index contributed by atoms with van der Waals surface area (Å²) in [7, 11) is 0. The Bertz CT molecular complexity index is 1660. The second-order valence-corrected chi connectivity index (χ2v) is 18.7. The number of rotatable bonds is 4. The van der Waals surface area contributed by atoms with Crippen LogP contribution in [0.1, 0.15) is 107 Å². The minimum absolute atomic E-state index is 0.165. The van der Waals surface area contributed by atoms with Crippen LogP contribution in [-0.2, 0) is 18.9 Å². The van der Waals surface area contributed by atoms with Gasteiger partial charge in [-0.2, -0.15) is 0 Å². The van der Waals surface area contributed by atoms with Gasteiger partial charge >= 0.3 is 24.4 Å². The predicted molar refractivity (Wildman–Crippen MR) is 223 cm³/mol. The summed E-state index contributed by atoms with van der Waals surface area (Å²) in [4.78, 5) is 69.9. The number of anilines is 1. The Morgan fingerprint density at radius 3 is 1.05 bits per heavy atom. The highest BCUT2D eigenvalue weighted by atomic mass is 16.6. The molecule has 0 bridgehead atoms. The van der Waals surface area contributed by atoms with Crippen molar-refractivity contribution in [1.82, 2.24) is 19.6 Å². The molecule has 0 spiro atoms. The molecule has 0 radical (unpaired) electrons. The van der Waals surface area contributed by atoms with Crippen LogP contribution in [0, 0.1) is 0 Å². The Kier molecular flexibility index (Phi) is 12.7. The SMILES string of the molecule is CC(C)(C)OC(=O)N1CCN(C(=O)OC(C)(C)C)C1=Nc1ccc(C2CCN(c3ccc(N=C4N(C(=O)OC(C)(C)C)CCN4C(=O)OC(C)(C)C)cc3)CC2)cc1. The van der Waals surface area contributed by atoms with Gasteiger partial charge in [0.15, 0.2) is 0 Å². The van der Waals surface area contributed by atoms with Gasteiger partial charge < -0.3 is 23.8 Å². The standard InChI is InChI=1S/C43H61N7O8/c1-40(2,3)55-36(51)47-25-26-48(37(52)56-41(4,5)6)34(47)44-31-15-13-29(14-16-31)30-21-23-46(24-22-30)33-19-17-32(18-20-33)45-35-49(38(53)57-42(7,8)9)27-28-50(35)39(54)58-43(10,11)12/h13-20,30H,21-28H2,1-12H3. The van der Waals surface area contributed by atoms with Crippen LogP contribution in [0.15, 0.2) is 58.5 Å². The third-order valence-electron chi connectivity index (χ3n) is 9.05. The van der Waals surface area contributed by atoms with E-state index in [1.807, 2.05) is 36.4 Å². The predicted octanol–water partition coefficient (Wildman–Crippen LogP) is 9.02. The number of hydrogen-bond donors (Lipinski definition) is 0. The molecule has 15 nitrogen and oxygen atoms in total. The van der Waals surface area contributed by atoms with E-state index in [0.29, 0.717) is 17.3 Å². The van der Waals surface area contributed by atoms with Gasteiger partial charge in [0.05, 0.1) is 37.6 Å². The van der Waals surface area contributed by atoms with Gasteiger partial charge in [0.1, 0.15) is 22.4 Å². The molecule has 0 unspecified atom stereocenters. The van der Waals surface area contributed by atoms with Crippen molar-refractivity contribution < 1.29 is 38.1 Å². The summed E-state index contributed by atoms with van der Waals surface area (Å²) in [6, 6.07) is 15.7. The molecule has 0 aliphatic carbocycles. The van der Waals surface area contributed by atoms with Crippen LogP contribution < -0.4 is 4.90 Å². The van der Waals surface area contributed by atoms with Crippen molar-refractivity contribution in [2.24, 2.45) is 9.98 Å². The van der Waals surface area contributed by atoms with E-state index < -0.39 is 46.8 Å². The molecule has 5 rings (SSSR count). The summed E-state index contributed by atoms with van der Waals surface area (Å²) >= 11 is 0. The Hall–Kier alpha value is -5.34. The van der Waals surface area contributed by atoms with Crippen molar-refractivity contribution in [3.63, 3.8) is 0 Å². The molecule has 3 heterocycles. The van der Waals surface area contributed by atoms with Gasteiger partial charge in [-0.05, 0) is 144 Å². The molecule has 2 aromatic rings. The van der Waals surface area contributed by atoms with Crippen LogP contribution in [0.3, 0.4) is 0 Å². The zero-order valence-electron chi connectivity index (χ0n) is 36.2. The summed E-state index contributed by atoms with van der Waals surface area (Å²) in [5.41, 5.74) is 0.559. The Balaban J connectivity index is 1.26. The second-order valence-electron chi connectivity index (χ2n) is 18.7. The molecular weight excluding hydrogens is 743 g/mol. The van der Waals surface area contributed by atoms with Gasteiger partial charge in [0.2, 0.25) is 11.9 Å². The topological polar surface area (TPSA) is 146 Å². The van der Waals surface area contributed by atoms with Gasteiger partial charge in [-0.15, -0.1) is 0 Å². The first-order chi connectivity index (χ1) is 26.9. The van der Waals surface area contributed by atoms with E-state index in [4.69, 9.17) is 28.9 Å². The van der Waals surface area contributed by atoms with Crippen LogP contribution in [0.25, 0.3) is 0 Å². The minimum Gasteiger partial charge on any atom is -0.443 e. The lowest BCUT2D eigenvalue weighted by Gasteiger charge is -2.34. The van der Waals surface area contributed by atoms with Crippen molar-refractivity contribution in [3.05, 3.63) is 54.1 Å². The maximum Gasteiger partial charge on any atom is 0.417 e. The van der Waals surface area contributed by atoms with Crippen molar-refractivity contribution in [2.75, 3.05) is 44.2 Å². The Morgan fingerprint density at radius 1 is 0.466 bits per heavy atom. The van der Waals surface area contributed by atoms with Crippen LogP contribution in [0.4, 0.5) is 36.2 Å². The summed E-state index contributed by atoms with van der Waals surface area (Å²) < 4.78 is 22.5. The van der Waals surface area contributed by atoms with Crippen LogP contribution in [0.2, 0.25) is 0 Å². The quantitative estimate of drug-likeness (QED) is 0.276. The highest BCUT2D eigenvalue weighted by Crippen LogP contribution is 2.33. The number of hydrogen-bond acceptors (Lipinski definition) is 11. The first kappa shape index (κ1) is 43.8. The molecule has 58 heavy (non-hydrogen) atoms. The molecule has 316 valence electrons. The lowest BCUT2D eigenvalue weighted by molar-refractivity contribution is 0.0351. The lowest BCUT2D eigenvalue weighted by Crippen LogP contribution is -2.44. The lowest BCUT2D eigenvalue weighted by atomic mass is 9.89. The largest absolute Gasteiger partial charge is 0.443 e. The molecule has 0 N–H and O–H groups in total. The zero-order chi connectivity index (χ0) is 42.8. The van der Waals surface area contributed by atoms with E-state index in [-0.39, 0.29) is 38.1 Å². The number of ether oxygens (including phenoxy) is 4. The number of piperidine rings is 1. The fraction of sp³-hybridized carbons (Fsp3) is 0.581. The number of amides is 4. The number of carbonyl (C=O) groups excluding carboxylic acids is 4. The summed E-state index contributed by atoms with van der Waals surface area (Å²) in [6.07, 6.45) is -0.440. The van der Waals surface area contributed by atoms with Crippen molar-refractivity contribution >= 4 is 53.4 Å². The molecule has 3 aliphatic heterocycles. The summed E-state index contributed by atoms with van der Waals surface area (Å²) in [6.45, 7) is 24.1. The molecule has 2 aromatic carbocycles. The highest BCUT2D eigenvalue weighted by molar-refractivity contribution is 6.05. The van der Waals surface area contributed by atoms with Crippen LogP contribution in [-0.4, -0.2) is 118 Å². The third-order valence-corrected chi connectivity index (χ3v) is 9.05. The number of guanidine groups is 2. The van der Waals surface area contributed by atoms with Crippen molar-refractivity contribution in [2.45, 2.75) is 124 Å². The van der Waals surface area contributed by atoms with E-state index in [0.717, 1.165) is 31.6 Å². The van der Waals surface area contributed by atoms with E-state index >= 15 is 0 Å². The molecular formula is C43H61N7O8. The van der Waals surface area contributed by atoms with E-state index in [1.54, 1.807) is 83.1 Å². The Morgan fingerprint density at radius 2 is 0.759 bits per heavy atom. The maximum atomic E-state index is 13.1. The average Bonchev–Trinajstić information content (AvgIpc) is 3.71. The van der Waals surface area contributed by atoms with Crippen LogP contribution in [0.5, 0.6) is 0 Å². The van der Waals surface area contributed by atoms with Crippen molar-refractivity contribution in [1.29, 1.82) is 0 Å². The molecule has 3 aliphatic rings. The number of aliphatic imine (C=N–C) groups is 2. The van der Waals surface area contributed by atoms with Gasteiger partial charge in [-0.1, -0.05) is 12.1 Å². The monoisotopic (exact) mass is 803 g/mol. The maximum absolute atomic E-state index is 13.1. The smallest absolute Gasteiger partial charge is 0.417 e. The number of carbonyl (C=O) groups is 4. The zero-order valence-corrected chi connectivity index (χ0v) is 36.2. The minimum atomic E-state index is -0.718. The molecule has 3 saturated heterocycles. The first-order valence-corrected chi connectivity index (χ1v) is 20.0. The molecule has 0 saturated carbocycles. The molecule has 15 heteroatoms. The Labute approximate surface area is 342 Å². The van der Waals surface area contributed by atoms with Gasteiger partial charge in [-0.3, -0.25) is 0 Å². The number of nitrogens with zero attached hydrogens (tertiary/aromatic N) is 7. The molecule has 0 aromatic heterocycles. The third kappa shape index (κ3) is 11.9. The average molecular weight is 804 g/mol. The van der Waals surface area contributed by atoms with Gasteiger partial charge in [0, 0.05) is 18.8 Å². The molecule has 4 amide bonds. The van der Waals surface area contributed by atoms with E-state index in [2.05, 4.69) is 17.0 Å². The van der Waals surface area contributed by atoms with Gasteiger partial charge in [-0.25, -0.2) is 48.8 Å². The fourth-order valence-corrected chi connectivity index (χ4v) is 6.55. The normalized spacial score (nSPS) is 17.1. The second kappa shape index (κ2) is 16.9. The molecule has 3 fully saturated rings. The van der Waals surface area contributed by atoms with Crippen LogP contribution >= 0.6 is 0 Å². The summed E-state index contributed by atoms with van der Waals surface area (Å²) in [5.74, 6) is 0.677. The summed E-state index contributed by atoms with van der Waals surface area (Å²) in [5, 5.41) is 0. The molecule has 0 atom stereocenters. The fourth-order valence-electron chi connectivity index (χ4n) is 6.55. The first-order valence-electron chi connectivity index (χ1n) is 20.0. The van der Waals surface area contributed by atoms with Crippen molar-refractivity contribution in [3.8, 4) is 0 Å². The highest BCUT2D eigenvalue weighted by Gasteiger charge is 2.41.